The summed E-state index contributed by atoms with van der Waals surface area (Å²) in [6.07, 6.45) is 3.07. The normalized spacial score (nSPS) is 19.5. The van der Waals surface area contributed by atoms with Gasteiger partial charge in [0.15, 0.2) is 11.9 Å². The molecule has 1 aliphatic carbocycles. The largest absolute Gasteiger partial charge is 0.455 e. The summed E-state index contributed by atoms with van der Waals surface area (Å²) >= 11 is 2.87. The Balaban J connectivity index is 1.47. The maximum atomic E-state index is 14.1. The van der Waals surface area contributed by atoms with Gasteiger partial charge in [-0.1, -0.05) is 27.7 Å². The van der Waals surface area contributed by atoms with Gasteiger partial charge in [0.25, 0.3) is 5.91 Å². The van der Waals surface area contributed by atoms with Gasteiger partial charge < -0.3 is 19.7 Å². The van der Waals surface area contributed by atoms with E-state index in [-0.39, 0.29) is 59.7 Å². The van der Waals surface area contributed by atoms with Crippen molar-refractivity contribution in [2.75, 3.05) is 33.9 Å². The van der Waals surface area contributed by atoms with Gasteiger partial charge in [0, 0.05) is 74.2 Å². The lowest BCUT2D eigenvalue weighted by Crippen LogP contribution is -2.50. The van der Waals surface area contributed by atoms with Crippen LogP contribution in [0.5, 0.6) is 0 Å². The van der Waals surface area contributed by atoms with Crippen molar-refractivity contribution in [3.63, 3.8) is 0 Å². The van der Waals surface area contributed by atoms with Crippen LogP contribution in [0, 0.1) is 30.6 Å². The highest BCUT2D eigenvalue weighted by Crippen LogP contribution is 2.41. The number of morpholine rings is 1. The van der Waals surface area contributed by atoms with Crippen molar-refractivity contribution in [3.05, 3.63) is 32.2 Å². The zero-order valence-electron chi connectivity index (χ0n) is 29.7. The molecule has 11 nitrogen and oxygen atoms in total. The molecule has 2 aromatic heterocycles. The molecule has 2 aromatic rings. The molecule has 0 aromatic carbocycles. The Morgan fingerprint density at radius 3 is 2.42 bits per heavy atom. The molecule has 1 aliphatic heterocycles. The van der Waals surface area contributed by atoms with Crippen LogP contribution in [-0.4, -0.2) is 95.3 Å². The van der Waals surface area contributed by atoms with Crippen LogP contribution in [0.3, 0.4) is 0 Å². The Hall–Kier alpha value is -2.74. The standard InChI is InChI=1S/C35H53N5O6S2/c1-20(2)13-25(14-32-36-22(5)18-47-32)37-33(43)27-19-48-34(38-27)31(46-23(6)41)16-28(21(3)4)40(8)35(44)26(24-9-10-24)15-30(42)29-17-45-12-11-39(29)7/h18-21,24-26,28-29,31H,9-17H2,1-8H3,(H,37,43)/t25-,26+,28-,29-,31-/m1/s1. The number of carbonyl (C=O) groups is 4. The number of thiazole rings is 2. The maximum absolute atomic E-state index is 14.1. The number of Topliss-reactive ketones (excluding diaryl/α,β-unsaturated/α-hetero) is 1. The van der Waals surface area contributed by atoms with E-state index in [1.807, 2.05) is 38.1 Å². The third-order valence-corrected chi connectivity index (χ3v) is 11.2. The predicted octanol–water partition coefficient (Wildman–Crippen LogP) is 5.09. The number of hydrogen-bond donors (Lipinski definition) is 1. The number of rotatable bonds is 17. The molecule has 266 valence electrons. The van der Waals surface area contributed by atoms with E-state index in [0.717, 1.165) is 30.0 Å². The molecule has 1 saturated heterocycles. The summed E-state index contributed by atoms with van der Waals surface area (Å²) in [7, 11) is 3.71. The summed E-state index contributed by atoms with van der Waals surface area (Å²) in [5, 5.41) is 8.35. The van der Waals surface area contributed by atoms with E-state index in [4.69, 9.17) is 9.47 Å². The Kier molecular flexibility index (Phi) is 13.7. The summed E-state index contributed by atoms with van der Waals surface area (Å²) < 4.78 is 11.4. The zero-order chi connectivity index (χ0) is 35.1. The van der Waals surface area contributed by atoms with Crippen molar-refractivity contribution in [1.29, 1.82) is 0 Å². The van der Waals surface area contributed by atoms with Gasteiger partial charge >= 0.3 is 5.97 Å². The Bertz CT molecular complexity index is 1410. The van der Waals surface area contributed by atoms with E-state index < -0.39 is 18.0 Å². The van der Waals surface area contributed by atoms with Crippen molar-refractivity contribution in [2.45, 2.75) is 104 Å². The minimum absolute atomic E-state index is 0.0273. The second-order valence-corrected chi connectivity index (χ2v) is 16.1. The first-order chi connectivity index (χ1) is 22.7. The van der Waals surface area contributed by atoms with Crippen LogP contribution in [0.4, 0.5) is 0 Å². The first-order valence-corrected chi connectivity index (χ1v) is 18.9. The SMILES string of the molecule is CC(=O)O[C@H](C[C@H](C(C)C)N(C)C(=O)[C@@H](CC(=O)[C@H]1COCCN1C)C1CC1)c1nc(C(=O)N[C@@H](Cc2nc(C)cs2)CC(C)C)cs1. The van der Waals surface area contributed by atoms with Crippen molar-refractivity contribution < 1.29 is 28.7 Å². The number of aromatic nitrogens is 2. The molecule has 0 unspecified atom stereocenters. The molecule has 13 heteroatoms. The molecule has 48 heavy (non-hydrogen) atoms. The molecule has 2 amide bonds. The third kappa shape index (κ3) is 10.6. The molecular formula is C35H53N5O6S2. The minimum Gasteiger partial charge on any atom is -0.455 e. The molecule has 0 spiro atoms. The second kappa shape index (κ2) is 17.3. The van der Waals surface area contributed by atoms with Crippen LogP contribution < -0.4 is 5.32 Å². The number of hydrogen-bond acceptors (Lipinski definition) is 11. The van der Waals surface area contributed by atoms with E-state index in [1.165, 1.54) is 18.3 Å². The quantitative estimate of drug-likeness (QED) is 0.224. The monoisotopic (exact) mass is 703 g/mol. The number of ether oxygens (including phenoxy) is 2. The fourth-order valence-corrected chi connectivity index (χ4v) is 8.22. The molecule has 0 bridgehead atoms. The number of ketones is 1. The number of nitrogens with one attached hydrogen (secondary N) is 1. The highest BCUT2D eigenvalue weighted by atomic mass is 32.1. The van der Waals surface area contributed by atoms with E-state index in [1.54, 1.807) is 28.7 Å². The van der Waals surface area contributed by atoms with Crippen LogP contribution in [0.1, 0.15) is 99.0 Å². The Morgan fingerprint density at radius 2 is 1.83 bits per heavy atom. The van der Waals surface area contributed by atoms with Crippen molar-refractivity contribution in [2.24, 2.45) is 23.7 Å². The molecule has 0 radical (unpaired) electrons. The molecule has 2 fully saturated rings. The van der Waals surface area contributed by atoms with Crippen molar-refractivity contribution >= 4 is 46.2 Å². The summed E-state index contributed by atoms with van der Waals surface area (Å²) in [5.74, 6) is -0.561. The Morgan fingerprint density at radius 1 is 1.10 bits per heavy atom. The van der Waals surface area contributed by atoms with E-state index >= 15 is 0 Å². The van der Waals surface area contributed by atoms with Gasteiger partial charge in [-0.3, -0.25) is 24.1 Å². The Labute approximate surface area is 293 Å². The fraction of sp³-hybridized carbons (Fsp3) is 0.714. The summed E-state index contributed by atoms with van der Waals surface area (Å²) in [4.78, 5) is 66.1. The lowest BCUT2D eigenvalue weighted by atomic mass is 9.90. The average molecular weight is 704 g/mol. The summed E-state index contributed by atoms with van der Waals surface area (Å²) in [6, 6.07) is -0.724. The van der Waals surface area contributed by atoms with Gasteiger partial charge in [-0.2, -0.15) is 0 Å². The maximum Gasteiger partial charge on any atom is 0.303 e. The van der Waals surface area contributed by atoms with E-state index in [0.29, 0.717) is 43.5 Å². The predicted molar refractivity (Wildman–Crippen MR) is 187 cm³/mol. The van der Waals surface area contributed by atoms with Gasteiger partial charge in [0.05, 0.1) is 24.3 Å². The highest BCUT2D eigenvalue weighted by Gasteiger charge is 2.42. The number of carbonyl (C=O) groups excluding carboxylic acids is 4. The molecule has 2 aliphatic rings. The van der Waals surface area contributed by atoms with E-state index in [2.05, 4.69) is 29.1 Å². The van der Waals surface area contributed by atoms with Crippen LogP contribution >= 0.6 is 22.7 Å². The van der Waals surface area contributed by atoms with Crippen LogP contribution in [0.2, 0.25) is 0 Å². The third-order valence-electron chi connectivity index (χ3n) is 9.28. The van der Waals surface area contributed by atoms with Gasteiger partial charge in [-0.15, -0.1) is 22.7 Å². The second-order valence-electron chi connectivity index (χ2n) is 14.2. The van der Waals surface area contributed by atoms with Crippen molar-refractivity contribution in [1.82, 2.24) is 25.1 Å². The number of esters is 1. The summed E-state index contributed by atoms with van der Waals surface area (Å²) in [5.41, 5.74) is 1.24. The topological polar surface area (TPSA) is 131 Å². The van der Waals surface area contributed by atoms with Gasteiger partial charge in [0.1, 0.15) is 10.7 Å². The average Bonchev–Trinajstić information content (AvgIpc) is 3.58. The van der Waals surface area contributed by atoms with Crippen LogP contribution in [0.25, 0.3) is 0 Å². The molecule has 1 N–H and O–H groups in total. The number of aryl methyl sites for hydroxylation is 1. The van der Waals surface area contributed by atoms with Gasteiger partial charge in [0.2, 0.25) is 5.91 Å². The first kappa shape index (κ1) is 38.1. The zero-order valence-corrected chi connectivity index (χ0v) is 31.3. The minimum atomic E-state index is -0.740. The van der Waals surface area contributed by atoms with Crippen LogP contribution in [-0.2, 0) is 30.3 Å². The molecular weight excluding hydrogens is 651 g/mol. The lowest BCUT2D eigenvalue weighted by molar-refractivity contribution is -0.149. The number of likely N-dealkylation sites (N-methyl/N-ethyl adjacent to an activating group) is 1. The van der Waals surface area contributed by atoms with Gasteiger partial charge in [-0.25, -0.2) is 9.97 Å². The lowest BCUT2D eigenvalue weighted by Gasteiger charge is -2.36. The molecule has 1 saturated carbocycles. The molecule has 5 atom stereocenters. The fourth-order valence-electron chi connectivity index (χ4n) is 6.52. The van der Waals surface area contributed by atoms with Crippen LogP contribution in [0.15, 0.2) is 10.8 Å². The number of amides is 2. The number of nitrogens with zero attached hydrogens (tertiary/aromatic N) is 4. The smallest absolute Gasteiger partial charge is 0.303 e. The van der Waals surface area contributed by atoms with Gasteiger partial charge in [-0.05, 0) is 51.0 Å². The first-order valence-electron chi connectivity index (χ1n) is 17.1. The van der Waals surface area contributed by atoms with Crippen molar-refractivity contribution in [3.8, 4) is 0 Å². The van der Waals surface area contributed by atoms with E-state index in [9.17, 15) is 19.2 Å². The molecule has 4 rings (SSSR count). The molecule has 3 heterocycles. The summed E-state index contributed by atoms with van der Waals surface area (Å²) in [6.45, 7) is 13.3. The highest BCUT2D eigenvalue weighted by molar-refractivity contribution is 7.10.